The average Bonchev–Trinajstić information content (AvgIpc) is 2.77. The number of hydrogen-bond donors (Lipinski definition) is 1. The van der Waals surface area contributed by atoms with Gasteiger partial charge in [-0.25, -0.2) is 0 Å². The van der Waals surface area contributed by atoms with Crippen LogP contribution in [0.5, 0.6) is 0 Å². The minimum absolute atomic E-state index is 0.139. The second kappa shape index (κ2) is 5.30. The van der Waals surface area contributed by atoms with Crippen molar-refractivity contribution in [2.75, 3.05) is 6.54 Å². The lowest BCUT2D eigenvalue weighted by atomic mass is 10.1. The molecule has 88 valence electrons. The summed E-state index contributed by atoms with van der Waals surface area (Å²) in [6, 6.07) is 10.0. The molecule has 0 spiro atoms. The molecule has 0 bridgehead atoms. The molecule has 4 heteroatoms. The third-order valence-corrected chi connectivity index (χ3v) is 2.54. The van der Waals surface area contributed by atoms with Crippen LogP contribution in [0.15, 0.2) is 41.1 Å². The third-order valence-electron chi connectivity index (χ3n) is 2.54. The first-order chi connectivity index (χ1) is 8.27. The number of aryl methyl sites for hydroxylation is 1. The van der Waals surface area contributed by atoms with Crippen LogP contribution in [0.25, 0.3) is 0 Å². The molecule has 1 aromatic carbocycles. The molecule has 2 rings (SSSR count). The number of carbonyl (C=O) groups is 1. The molecular formula is C13H14N2O2. The summed E-state index contributed by atoms with van der Waals surface area (Å²) in [6.45, 7) is 2.35. The zero-order chi connectivity index (χ0) is 12.1. The summed E-state index contributed by atoms with van der Waals surface area (Å²) in [5.74, 6) is -0.139. The van der Waals surface area contributed by atoms with Crippen molar-refractivity contribution in [3.8, 4) is 0 Å². The Morgan fingerprint density at radius 3 is 2.76 bits per heavy atom. The van der Waals surface area contributed by atoms with Gasteiger partial charge in [-0.3, -0.25) is 4.79 Å². The van der Waals surface area contributed by atoms with Gasteiger partial charge in [-0.1, -0.05) is 35.5 Å². The van der Waals surface area contributed by atoms with Crippen LogP contribution in [0.1, 0.15) is 21.6 Å². The van der Waals surface area contributed by atoms with Gasteiger partial charge < -0.3 is 9.84 Å². The van der Waals surface area contributed by atoms with Gasteiger partial charge in [0, 0.05) is 6.54 Å². The molecule has 0 saturated heterocycles. The molecular weight excluding hydrogens is 216 g/mol. The minimum Gasteiger partial charge on any atom is -0.364 e. The molecule has 0 unspecified atom stereocenters. The Kier molecular flexibility index (Phi) is 3.55. The highest BCUT2D eigenvalue weighted by atomic mass is 16.5. The molecule has 1 heterocycles. The molecule has 0 saturated carbocycles. The van der Waals surface area contributed by atoms with Gasteiger partial charge in [0.1, 0.15) is 11.8 Å². The molecule has 2 aromatic rings. The summed E-state index contributed by atoms with van der Waals surface area (Å²) in [7, 11) is 0. The summed E-state index contributed by atoms with van der Waals surface area (Å²) in [4.78, 5) is 11.7. The van der Waals surface area contributed by atoms with Crippen LogP contribution >= 0.6 is 0 Å². The van der Waals surface area contributed by atoms with Crippen LogP contribution < -0.4 is 5.32 Å². The van der Waals surface area contributed by atoms with Crippen molar-refractivity contribution >= 4 is 5.91 Å². The number of benzene rings is 1. The molecule has 17 heavy (non-hydrogen) atoms. The first-order valence-electron chi connectivity index (χ1n) is 5.50. The Hall–Kier alpha value is -2.10. The zero-order valence-corrected chi connectivity index (χ0v) is 9.64. The minimum atomic E-state index is -0.139. The highest BCUT2D eigenvalue weighted by molar-refractivity contribution is 5.94. The molecule has 0 radical (unpaired) electrons. The van der Waals surface area contributed by atoms with Crippen molar-refractivity contribution < 1.29 is 9.32 Å². The SMILES string of the molecule is Cc1nocc1C(=O)NCCc1ccccc1. The molecule has 0 aliphatic heterocycles. The summed E-state index contributed by atoms with van der Waals surface area (Å²) in [5.41, 5.74) is 2.31. The molecule has 1 amide bonds. The predicted octanol–water partition coefficient (Wildman–Crippen LogP) is 1.96. The number of hydrogen-bond acceptors (Lipinski definition) is 3. The zero-order valence-electron chi connectivity index (χ0n) is 9.64. The Bertz CT molecular complexity index is 491. The molecule has 1 N–H and O–H groups in total. The molecule has 1 aromatic heterocycles. The molecule has 0 aliphatic carbocycles. The largest absolute Gasteiger partial charge is 0.364 e. The van der Waals surface area contributed by atoms with Crippen LogP contribution in [0.4, 0.5) is 0 Å². The smallest absolute Gasteiger partial charge is 0.256 e. The van der Waals surface area contributed by atoms with Crippen molar-refractivity contribution in [3.05, 3.63) is 53.4 Å². The summed E-state index contributed by atoms with van der Waals surface area (Å²) in [6.07, 6.45) is 2.18. The van der Waals surface area contributed by atoms with Crippen LogP contribution in [-0.4, -0.2) is 17.6 Å². The third kappa shape index (κ3) is 2.93. The first-order valence-corrected chi connectivity index (χ1v) is 5.50. The normalized spacial score (nSPS) is 10.2. The van der Waals surface area contributed by atoms with Crippen molar-refractivity contribution in [3.63, 3.8) is 0 Å². The van der Waals surface area contributed by atoms with Gasteiger partial charge in [-0.15, -0.1) is 0 Å². The van der Waals surface area contributed by atoms with E-state index in [4.69, 9.17) is 4.52 Å². The number of nitrogens with zero attached hydrogens (tertiary/aromatic N) is 1. The summed E-state index contributed by atoms with van der Waals surface area (Å²) < 4.78 is 4.72. The Morgan fingerprint density at radius 2 is 2.12 bits per heavy atom. The van der Waals surface area contributed by atoms with E-state index in [1.807, 2.05) is 30.3 Å². The fraction of sp³-hybridized carbons (Fsp3) is 0.231. The number of rotatable bonds is 4. The predicted molar refractivity (Wildman–Crippen MR) is 63.7 cm³/mol. The van der Waals surface area contributed by atoms with Crippen LogP contribution in [0.2, 0.25) is 0 Å². The van der Waals surface area contributed by atoms with Crippen molar-refractivity contribution in [1.82, 2.24) is 10.5 Å². The lowest BCUT2D eigenvalue weighted by molar-refractivity contribution is 0.0953. The van der Waals surface area contributed by atoms with E-state index in [0.29, 0.717) is 17.8 Å². The van der Waals surface area contributed by atoms with E-state index < -0.39 is 0 Å². The number of nitrogens with one attached hydrogen (secondary N) is 1. The van der Waals surface area contributed by atoms with E-state index in [9.17, 15) is 4.79 Å². The van der Waals surface area contributed by atoms with Gasteiger partial charge in [-0.05, 0) is 18.9 Å². The van der Waals surface area contributed by atoms with E-state index in [1.54, 1.807) is 6.92 Å². The first kappa shape index (κ1) is 11.4. The summed E-state index contributed by atoms with van der Waals surface area (Å²) >= 11 is 0. The Labute approximate surface area is 99.6 Å². The molecule has 0 aliphatic rings. The molecule has 0 atom stereocenters. The fourth-order valence-electron chi connectivity index (χ4n) is 1.57. The number of carbonyl (C=O) groups excluding carboxylic acids is 1. The van der Waals surface area contributed by atoms with Gasteiger partial charge >= 0.3 is 0 Å². The van der Waals surface area contributed by atoms with Crippen LogP contribution in [0, 0.1) is 6.92 Å². The maximum atomic E-state index is 11.7. The van der Waals surface area contributed by atoms with Gasteiger partial charge in [0.05, 0.1) is 5.69 Å². The van der Waals surface area contributed by atoms with E-state index >= 15 is 0 Å². The van der Waals surface area contributed by atoms with E-state index in [2.05, 4.69) is 10.5 Å². The van der Waals surface area contributed by atoms with E-state index in [1.165, 1.54) is 11.8 Å². The second-order valence-electron chi connectivity index (χ2n) is 3.81. The van der Waals surface area contributed by atoms with Crippen LogP contribution in [0.3, 0.4) is 0 Å². The lowest BCUT2D eigenvalue weighted by Gasteiger charge is -2.03. The van der Waals surface area contributed by atoms with E-state index in [-0.39, 0.29) is 5.91 Å². The van der Waals surface area contributed by atoms with Crippen LogP contribution in [-0.2, 0) is 6.42 Å². The molecule has 4 nitrogen and oxygen atoms in total. The van der Waals surface area contributed by atoms with Gasteiger partial charge in [-0.2, -0.15) is 0 Å². The summed E-state index contributed by atoms with van der Waals surface area (Å²) in [5, 5.41) is 6.50. The quantitative estimate of drug-likeness (QED) is 0.873. The molecule has 0 fully saturated rings. The van der Waals surface area contributed by atoms with E-state index in [0.717, 1.165) is 6.42 Å². The maximum absolute atomic E-state index is 11.7. The average molecular weight is 230 g/mol. The van der Waals surface area contributed by atoms with Gasteiger partial charge in [0.2, 0.25) is 0 Å². The van der Waals surface area contributed by atoms with Crippen molar-refractivity contribution in [2.24, 2.45) is 0 Å². The number of aromatic nitrogens is 1. The lowest BCUT2D eigenvalue weighted by Crippen LogP contribution is -2.25. The van der Waals surface area contributed by atoms with Gasteiger partial charge in [0.25, 0.3) is 5.91 Å². The Morgan fingerprint density at radius 1 is 1.35 bits per heavy atom. The highest BCUT2D eigenvalue weighted by Crippen LogP contribution is 2.04. The fourth-order valence-corrected chi connectivity index (χ4v) is 1.57. The maximum Gasteiger partial charge on any atom is 0.256 e. The standard InChI is InChI=1S/C13H14N2O2/c1-10-12(9-17-15-10)13(16)14-8-7-11-5-3-2-4-6-11/h2-6,9H,7-8H2,1H3,(H,14,16). The topological polar surface area (TPSA) is 55.1 Å². The highest BCUT2D eigenvalue weighted by Gasteiger charge is 2.11. The van der Waals surface area contributed by atoms with Crippen molar-refractivity contribution in [1.29, 1.82) is 0 Å². The van der Waals surface area contributed by atoms with Crippen molar-refractivity contribution in [2.45, 2.75) is 13.3 Å². The number of amides is 1. The van der Waals surface area contributed by atoms with Gasteiger partial charge in [0.15, 0.2) is 0 Å². The second-order valence-corrected chi connectivity index (χ2v) is 3.81. The monoisotopic (exact) mass is 230 g/mol. The Balaban J connectivity index is 1.84.